The van der Waals surface area contributed by atoms with E-state index in [1.807, 2.05) is 48.5 Å². The minimum absolute atomic E-state index is 0.240. The number of hydrogen-bond acceptors (Lipinski definition) is 5. The summed E-state index contributed by atoms with van der Waals surface area (Å²) in [6.45, 7) is 1.86. The van der Waals surface area contributed by atoms with E-state index in [0.29, 0.717) is 37.7 Å². The van der Waals surface area contributed by atoms with Crippen molar-refractivity contribution < 1.29 is 14.3 Å². The van der Waals surface area contributed by atoms with Gasteiger partial charge in [0.2, 0.25) is 0 Å². The van der Waals surface area contributed by atoms with Crippen LogP contribution in [0.2, 0.25) is 0 Å². The molecule has 8 heteroatoms. The second-order valence-electron chi connectivity index (χ2n) is 6.02. The van der Waals surface area contributed by atoms with Crippen LogP contribution in [-0.2, 0) is 13.1 Å². The van der Waals surface area contributed by atoms with Crippen LogP contribution in [0.25, 0.3) is 0 Å². The molecule has 2 aromatic carbocycles. The minimum atomic E-state index is -0.240. The van der Waals surface area contributed by atoms with Crippen LogP contribution in [0.4, 0.5) is 4.79 Å². The second-order valence-corrected chi connectivity index (χ2v) is 6.02. The second kappa shape index (κ2) is 9.96. The van der Waals surface area contributed by atoms with Gasteiger partial charge in [-0.3, -0.25) is 0 Å². The van der Waals surface area contributed by atoms with Gasteiger partial charge in [0.1, 0.15) is 19.3 Å². The van der Waals surface area contributed by atoms with Gasteiger partial charge in [-0.1, -0.05) is 36.4 Å². The van der Waals surface area contributed by atoms with E-state index in [1.165, 1.54) is 6.33 Å². The van der Waals surface area contributed by atoms with Gasteiger partial charge in [0.05, 0.1) is 20.2 Å². The van der Waals surface area contributed by atoms with Crippen molar-refractivity contribution in [2.24, 2.45) is 0 Å². The molecule has 28 heavy (non-hydrogen) atoms. The molecule has 3 rings (SSSR count). The average Bonchev–Trinajstić information content (AvgIpc) is 3.24. The Morgan fingerprint density at radius 2 is 1.79 bits per heavy atom. The van der Waals surface area contributed by atoms with Crippen LogP contribution in [0, 0.1) is 0 Å². The third-order valence-corrected chi connectivity index (χ3v) is 4.00. The van der Waals surface area contributed by atoms with Crippen molar-refractivity contribution in [1.29, 1.82) is 0 Å². The van der Waals surface area contributed by atoms with Gasteiger partial charge in [-0.15, -0.1) is 0 Å². The number of methoxy groups -OCH3 is 1. The zero-order valence-electron chi connectivity index (χ0n) is 15.7. The van der Waals surface area contributed by atoms with E-state index in [2.05, 4.69) is 20.7 Å². The Labute approximate surface area is 163 Å². The maximum absolute atomic E-state index is 11.9. The Bertz CT molecular complexity index is 866. The highest BCUT2D eigenvalue weighted by atomic mass is 16.5. The molecule has 0 saturated carbocycles. The molecular formula is C20H23N5O3. The summed E-state index contributed by atoms with van der Waals surface area (Å²) in [4.78, 5) is 15.8. The molecule has 0 aliphatic rings. The molecule has 0 aliphatic carbocycles. The number of para-hydroxylation sites is 2. The van der Waals surface area contributed by atoms with Gasteiger partial charge in [0.25, 0.3) is 0 Å². The molecule has 0 aliphatic heterocycles. The predicted molar refractivity (Wildman–Crippen MR) is 104 cm³/mol. The molecule has 1 heterocycles. The summed E-state index contributed by atoms with van der Waals surface area (Å²) in [6.07, 6.45) is 3.19. The Morgan fingerprint density at radius 3 is 2.50 bits per heavy atom. The molecule has 146 valence electrons. The highest BCUT2D eigenvalue weighted by Gasteiger charge is 2.04. The lowest BCUT2D eigenvalue weighted by Crippen LogP contribution is -2.37. The normalized spacial score (nSPS) is 10.3. The first-order chi connectivity index (χ1) is 13.7. The third-order valence-electron chi connectivity index (χ3n) is 4.00. The Kier molecular flexibility index (Phi) is 6.84. The zero-order valence-corrected chi connectivity index (χ0v) is 15.7. The topological polar surface area (TPSA) is 90.3 Å². The van der Waals surface area contributed by atoms with Crippen LogP contribution in [0.1, 0.15) is 11.1 Å². The number of rotatable bonds is 9. The van der Waals surface area contributed by atoms with Gasteiger partial charge in [-0.05, 0) is 23.3 Å². The Hall–Kier alpha value is -3.55. The van der Waals surface area contributed by atoms with Crippen molar-refractivity contribution in [2.45, 2.75) is 13.1 Å². The van der Waals surface area contributed by atoms with E-state index in [-0.39, 0.29) is 6.03 Å². The zero-order chi connectivity index (χ0) is 19.6. The lowest BCUT2D eigenvalue weighted by Gasteiger charge is -2.11. The number of nitrogens with zero attached hydrogens (tertiary/aromatic N) is 3. The van der Waals surface area contributed by atoms with E-state index in [9.17, 15) is 4.79 Å². The van der Waals surface area contributed by atoms with Gasteiger partial charge in [-0.2, -0.15) is 5.10 Å². The average molecular weight is 381 g/mol. The molecule has 2 N–H and O–H groups in total. The molecule has 0 unspecified atom stereocenters. The first kappa shape index (κ1) is 19.2. The van der Waals surface area contributed by atoms with Crippen LogP contribution in [0.15, 0.2) is 61.2 Å². The van der Waals surface area contributed by atoms with Gasteiger partial charge < -0.3 is 20.1 Å². The summed E-state index contributed by atoms with van der Waals surface area (Å²) in [5.41, 5.74) is 2.13. The van der Waals surface area contributed by atoms with E-state index in [0.717, 1.165) is 11.1 Å². The molecule has 2 amide bonds. The summed E-state index contributed by atoms with van der Waals surface area (Å²) in [5, 5.41) is 9.68. The Balaban J connectivity index is 1.35. The van der Waals surface area contributed by atoms with Crippen LogP contribution >= 0.6 is 0 Å². The largest absolute Gasteiger partial charge is 0.493 e. The molecule has 1 aromatic heterocycles. The van der Waals surface area contributed by atoms with Crippen molar-refractivity contribution in [1.82, 2.24) is 25.4 Å². The van der Waals surface area contributed by atoms with Crippen LogP contribution in [0.5, 0.6) is 11.5 Å². The summed E-state index contributed by atoms with van der Waals surface area (Å²) in [7, 11) is 1.59. The van der Waals surface area contributed by atoms with Crippen molar-refractivity contribution in [3.05, 3.63) is 72.3 Å². The third kappa shape index (κ3) is 5.73. The smallest absolute Gasteiger partial charge is 0.315 e. The van der Waals surface area contributed by atoms with Gasteiger partial charge in [0, 0.05) is 6.54 Å². The van der Waals surface area contributed by atoms with E-state index >= 15 is 0 Å². The first-order valence-corrected chi connectivity index (χ1v) is 8.92. The summed E-state index contributed by atoms with van der Waals surface area (Å²) in [6, 6.07) is 15.1. The van der Waals surface area contributed by atoms with Crippen LogP contribution < -0.4 is 20.1 Å². The molecule has 0 bridgehead atoms. The minimum Gasteiger partial charge on any atom is -0.493 e. The number of urea groups is 1. The van der Waals surface area contributed by atoms with Crippen LogP contribution in [-0.4, -0.2) is 41.1 Å². The molecule has 0 fully saturated rings. The maximum Gasteiger partial charge on any atom is 0.315 e. The van der Waals surface area contributed by atoms with E-state index < -0.39 is 0 Å². The van der Waals surface area contributed by atoms with E-state index in [1.54, 1.807) is 18.1 Å². The number of benzene rings is 2. The van der Waals surface area contributed by atoms with Gasteiger partial charge in [0.15, 0.2) is 11.5 Å². The van der Waals surface area contributed by atoms with Crippen LogP contribution in [0.3, 0.4) is 0 Å². The summed E-state index contributed by atoms with van der Waals surface area (Å²) >= 11 is 0. The number of aromatic nitrogens is 3. The van der Waals surface area contributed by atoms with Crippen molar-refractivity contribution in [3.63, 3.8) is 0 Å². The molecule has 0 spiro atoms. The quantitative estimate of drug-likeness (QED) is 0.555. The number of amides is 2. The molecule has 0 saturated heterocycles. The number of ether oxygens (including phenoxy) is 2. The molecule has 0 atom stereocenters. The molecular weight excluding hydrogens is 358 g/mol. The lowest BCUT2D eigenvalue weighted by molar-refractivity contribution is 0.235. The Morgan fingerprint density at radius 1 is 1.04 bits per heavy atom. The highest BCUT2D eigenvalue weighted by Crippen LogP contribution is 2.25. The van der Waals surface area contributed by atoms with Crippen molar-refractivity contribution in [3.8, 4) is 11.5 Å². The number of carbonyl (C=O) groups excluding carboxylic acids is 1. The monoisotopic (exact) mass is 381 g/mol. The SMILES string of the molecule is COc1ccccc1OCCNC(=O)NCc1ccc(Cn2cncn2)cc1. The standard InChI is InChI=1S/C20H23N5O3/c1-27-18-4-2-3-5-19(18)28-11-10-22-20(26)23-12-16-6-8-17(9-7-16)13-25-15-21-14-24-25/h2-9,14-15H,10-13H2,1H3,(H2,22,23,26). The first-order valence-electron chi connectivity index (χ1n) is 8.92. The fourth-order valence-corrected chi connectivity index (χ4v) is 2.57. The summed E-state index contributed by atoms with van der Waals surface area (Å²) in [5.74, 6) is 1.32. The number of carbonyl (C=O) groups is 1. The molecule has 0 radical (unpaired) electrons. The van der Waals surface area contributed by atoms with Crippen molar-refractivity contribution in [2.75, 3.05) is 20.3 Å². The lowest BCUT2D eigenvalue weighted by atomic mass is 10.1. The van der Waals surface area contributed by atoms with Crippen molar-refractivity contribution >= 4 is 6.03 Å². The summed E-state index contributed by atoms with van der Waals surface area (Å²) < 4.78 is 12.6. The number of nitrogens with one attached hydrogen (secondary N) is 2. The number of hydrogen-bond donors (Lipinski definition) is 2. The molecule has 3 aromatic rings. The fraction of sp³-hybridized carbons (Fsp3) is 0.250. The van der Waals surface area contributed by atoms with E-state index in [4.69, 9.17) is 9.47 Å². The predicted octanol–water partition coefficient (Wildman–Crippen LogP) is 2.21. The van der Waals surface area contributed by atoms with Gasteiger partial charge >= 0.3 is 6.03 Å². The maximum atomic E-state index is 11.9. The highest BCUT2D eigenvalue weighted by molar-refractivity contribution is 5.73. The molecule has 8 nitrogen and oxygen atoms in total. The van der Waals surface area contributed by atoms with Gasteiger partial charge in [-0.25, -0.2) is 14.5 Å². The fourth-order valence-electron chi connectivity index (χ4n) is 2.57.